The second-order valence-corrected chi connectivity index (χ2v) is 6.80. The van der Waals surface area contributed by atoms with Gasteiger partial charge in [-0.3, -0.25) is 14.3 Å². The molecular formula is C19H23N5O2. The minimum Gasteiger partial charge on any atom is -0.483 e. The second-order valence-electron chi connectivity index (χ2n) is 6.80. The molecule has 0 bridgehead atoms. The van der Waals surface area contributed by atoms with Gasteiger partial charge < -0.3 is 9.84 Å². The fourth-order valence-electron chi connectivity index (χ4n) is 3.33. The highest BCUT2D eigenvalue weighted by molar-refractivity contribution is 5.18. The number of benzene rings is 1. The van der Waals surface area contributed by atoms with Crippen molar-refractivity contribution in [3.05, 3.63) is 66.2 Å². The van der Waals surface area contributed by atoms with Crippen LogP contribution in [-0.4, -0.2) is 54.9 Å². The van der Waals surface area contributed by atoms with Gasteiger partial charge in [-0.25, -0.2) is 0 Å². The van der Waals surface area contributed by atoms with E-state index in [1.807, 2.05) is 48.5 Å². The van der Waals surface area contributed by atoms with Crippen molar-refractivity contribution in [2.75, 3.05) is 13.1 Å². The molecule has 1 fully saturated rings. The Labute approximate surface area is 152 Å². The van der Waals surface area contributed by atoms with Crippen LogP contribution in [0, 0.1) is 0 Å². The van der Waals surface area contributed by atoms with Crippen molar-refractivity contribution in [3.8, 4) is 5.75 Å². The van der Waals surface area contributed by atoms with Gasteiger partial charge in [0.2, 0.25) is 0 Å². The van der Waals surface area contributed by atoms with E-state index >= 15 is 0 Å². The van der Waals surface area contributed by atoms with Crippen molar-refractivity contribution in [1.82, 2.24) is 24.5 Å². The zero-order valence-corrected chi connectivity index (χ0v) is 14.8. The molecule has 1 N–H and O–H groups in total. The summed E-state index contributed by atoms with van der Waals surface area (Å²) in [6, 6.07) is 10.2. The molecule has 1 aromatic carbocycles. The number of rotatable bonds is 6. The normalized spacial score (nSPS) is 20.5. The molecule has 2 atom stereocenters. The lowest BCUT2D eigenvalue weighted by atomic mass is 10.2. The van der Waals surface area contributed by atoms with E-state index in [9.17, 15) is 5.11 Å². The molecular weight excluding hydrogens is 330 g/mol. The largest absolute Gasteiger partial charge is 0.483 e. The minimum absolute atomic E-state index is 0.249. The molecule has 0 radical (unpaired) electrons. The lowest BCUT2D eigenvalue weighted by molar-refractivity contribution is 0.0736. The number of nitrogens with zero attached hydrogens (tertiary/aromatic N) is 5. The molecule has 26 heavy (non-hydrogen) atoms. The molecule has 7 nitrogen and oxygen atoms in total. The summed E-state index contributed by atoms with van der Waals surface area (Å²) in [6.07, 6.45) is 6.68. The summed E-state index contributed by atoms with van der Waals surface area (Å²) < 4.78 is 9.62. The fraction of sp³-hybridized carbons (Fsp3) is 0.368. The molecule has 3 heterocycles. The highest BCUT2D eigenvalue weighted by Crippen LogP contribution is 2.20. The van der Waals surface area contributed by atoms with Crippen molar-refractivity contribution in [2.24, 2.45) is 7.05 Å². The molecule has 0 aliphatic carbocycles. The Kier molecular flexibility index (Phi) is 4.73. The molecule has 0 saturated carbocycles. The maximum Gasteiger partial charge on any atom is 0.157 e. The third kappa shape index (κ3) is 3.95. The predicted octanol–water partition coefficient (Wildman–Crippen LogP) is 1.29. The summed E-state index contributed by atoms with van der Waals surface area (Å²) in [5, 5.41) is 18.9. The number of aromatic nitrogens is 4. The first-order valence-corrected chi connectivity index (χ1v) is 8.77. The zero-order valence-electron chi connectivity index (χ0n) is 14.8. The lowest BCUT2D eigenvalue weighted by Crippen LogP contribution is -2.29. The second kappa shape index (κ2) is 7.31. The van der Waals surface area contributed by atoms with Gasteiger partial charge in [0.15, 0.2) is 5.75 Å². The van der Waals surface area contributed by atoms with Crippen LogP contribution in [0.15, 0.2) is 55.1 Å². The van der Waals surface area contributed by atoms with Crippen molar-refractivity contribution in [2.45, 2.75) is 25.3 Å². The quantitative estimate of drug-likeness (QED) is 0.723. The Bertz CT molecular complexity index is 845. The zero-order chi connectivity index (χ0) is 17.9. The molecule has 0 spiro atoms. The third-order valence-electron chi connectivity index (χ3n) is 4.56. The predicted molar refractivity (Wildman–Crippen MR) is 96.7 cm³/mol. The summed E-state index contributed by atoms with van der Waals surface area (Å²) in [5.74, 6) is 0.688. The maximum absolute atomic E-state index is 10.3. The van der Waals surface area contributed by atoms with E-state index in [2.05, 4.69) is 27.2 Å². The summed E-state index contributed by atoms with van der Waals surface area (Å²) in [4.78, 5) is 2.18. The van der Waals surface area contributed by atoms with Crippen LogP contribution in [0.2, 0.25) is 0 Å². The van der Waals surface area contributed by atoms with Gasteiger partial charge in [0.1, 0.15) is 12.2 Å². The Hall–Kier alpha value is -2.64. The standard InChI is InChI=1S/C19H23N5O2/c1-22-9-16(7-20-22)10-23-13-18(25)19(14-23)26-17-8-21-24(12-17)11-15-5-3-2-4-6-15/h2-9,12,18-19,25H,10-11,13-14H2,1H3/t18-,19-/m1/s1. The van der Waals surface area contributed by atoms with Gasteiger partial charge in [-0.15, -0.1) is 0 Å². The number of ether oxygens (including phenoxy) is 1. The maximum atomic E-state index is 10.3. The van der Waals surface area contributed by atoms with Crippen molar-refractivity contribution in [1.29, 1.82) is 0 Å². The highest BCUT2D eigenvalue weighted by atomic mass is 16.5. The molecule has 1 aliphatic heterocycles. The highest BCUT2D eigenvalue weighted by Gasteiger charge is 2.33. The lowest BCUT2D eigenvalue weighted by Gasteiger charge is -2.15. The van der Waals surface area contributed by atoms with Crippen LogP contribution in [0.3, 0.4) is 0 Å². The van der Waals surface area contributed by atoms with E-state index in [1.165, 1.54) is 5.56 Å². The average Bonchev–Trinajstić information content (AvgIpc) is 3.32. The van der Waals surface area contributed by atoms with Crippen LogP contribution >= 0.6 is 0 Å². The van der Waals surface area contributed by atoms with Crippen LogP contribution in [0.25, 0.3) is 0 Å². The Morgan fingerprint density at radius 1 is 1.04 bits per heavy atom. The number of aliphatic hydroxyl groups is 1. The number of aryl methyl sites for hydroxylation is 1. The summed E-state index contributed by atoms with van der Waals surface area (Å²) in [6.45, 7) is 2.74. The van der Waals surface area contributed by atoms with Gasteiger partial charge in [-0.1, -0.05) is 30.3 Å². The summed E-state index contributed by atoms with van der Waals surface area (Å²) >= 11 is 0. The molecule has 0 unspecified atom stereocenters. The molecule has 7 heteroatoms. The van der Waals surface area contributed by atoms with Crippen LogP contribution in [-0.2, 0) is 20.1 Å². The van der Waals surface area contributed by atoms with Gasteiger partial charge in [0.25, 0.3) is 0 Å². The van der Waals surface area contributed by atoms with Gasteiger partial charge >= 0.3 is 0 Å². The first-order chi connectivity index (χ1) is 12.7. The minimum atomic E-state index is -0.510. The topological polar surface area (TPSA) is 68.3 Å². The molecule has 1 aliphatic rings. The molecule has 2 aromatic heterocycles. The molecule has 1 saturated heterocycles. The van der Waals surface area contributed by atoms with Crippen molar-refractivity contribution < 1.29 is 9.84 Å². The average molecular weight is 353 g/mol. The molecule has 0 amide bonds. The van der Waals surface area contributed by atoms with E-state index < -0.39 is 6.10 Å². The Morgan fingerprint density at radius 2 is 1.88 bits per heavy atom. The van der Waals surface area contributed by atoms with Crippen LogP contribution in [0.1, 0.15) is 11.1 Å². The third-order valence-corrected chi connectivity index (χ3v) is 4.56. The van der Waals surface area contributed by atoms with E-state index in [4.69, 9.17) is 4.74 Å². The van der Waals surface area contributed by atoms with Crippen molar-refractivity contribution >= 4 is 0 Å². The number of β-amino-alcohol motifs (C(OH)–C–C–N with tert-alkyl or cyclic N) is 1. The first kappa shape index (κ1) is 16.8. The van der Waals surface area contributed by atoms with Gasteiger partial charge in [-0.2, -0.15) is 10.2 Å². The van der Waals surface area contributed by atoms with Gasteiger partial charge in [-0.05, 0) is 5.56 Å². The number of likely N-dealkylation sites (tertiary alicyclic amines) is 1. The smallest absolute Gasteiger partial charge is 0.157 e. The number of aliphatic hydroxyl groups excluding tert-OH is 1. The van der Waals surface area contributed by atoms with Crippen molar-refractivity contribution in [3.63, 3.8) is 0 Å². The number of hydrogen-bond donors (Lipinski definition) is 1. The monoisotopic (exact) mass is 353 g/mol. The van der Waals surface area contributed by atoms with Gasteiger partial charge in [0.05, 0.1) is 25.1 Å². The SMILES string of the molecule is Cn1cc(CN2C[C@@H](O)[C@H](Oc3cnn(Cc4ccccc4)c3)C2)cn1. The van der Waals surface area contributed by atoms with Crippen LogP contribution < -0.4 is 4.74 Å². The van der Waals surface area contributed by atoms with E-state index in [-0.39, 0.29) is 6.10 Å². The van der Waals surface area contributed by atoms with Crippen LogP contribution in [0.4, 0.5) is 0 Å². The fourth-order valence-corrected chi connectivity index (χ4v) is 3.33. The summed E-state index contributed by atoms with van der Waals surface area (Å²) in [7, 11) is 1.90. The van der Waals surface area contributed by atoms with E-state index in [1.54, 1.807) is 10.9 Å². The number of hydrogen-bond acceptors (Lipinski definition) is 5. The van der Waals surface area contributed by atoms with E-state index in [0.717, 1.165) is 12.1 Å². The Morgan fingerprint density at radius 3 is 2.65 bits per heavy atom. The Balaban J connectivity index is 1.34. The molecule has 4 rings (SSSR count). The first-order valence-electron chi connectivity index (χ1n) is 8.77. The van der Waals surface area contributed by atoms with E-state index in [0.29, 0.717) is 25.4 Å². The molecule has 3 aromatic rings. The summed E-state index contributed by atoms with van der Waals surface area (Å²) in [5.41, 5.74) is 2.32. The molecule has 136 valence electrons. The van der Waals surface area contributed by atoms with Gasteiger partial charge in [0, 0.05) is 38.4 Å². The van der Waals surface area contributed by atoms with Crippen LogP contribution in [0.5, 0.6) is 5.75 Å².